The zero-order valence-electron chi connectivity index (χ0n) is 18.3. The van der Waals surface area contributed by atoms with Gasteiger partial charge in [-0.25, -0.2) is 4.98 Å². The number of fused-ring (bicyclic) bond motifs is 1. The number of anilines is 1. The van der Waals surface area contributed by atoms with E-state index in [1.807, 2.05) is 35.7 Å². The highest BCUT2D eigenvalue weighted by Gasteiger charge is 2.18. The number of nitrogens with one attached hydrogen (secondary N) is 2. The van der Waals surface area contributed by atoms with Gasteiger partial charge in [0, 0.05) is 6.54 Å². The molecule has 1 aliphatic heterocycles. The maximum atomic E-state index is 12.9. The van der Waals surface area contributed by atoms with Gasteiger partial charge < -0.3 is 24.5 Å². The van der Waals surface area contributed by atoms with Crippen LogP contribution in [0.2, 0.25) is 0 Å². The molecule has 0 bridgehead atoms. The van der Waals surface area contributed by atoms with Gasteiger partial charge in [0.25, 0.3) is 5.91 Å². The number of para-hydroxylation sites is 1. The number of aromatic nitrogens is 1. The molecule has 3 heterocycles. The minimum absolute atomic E-state index is 0.0356. The van der Waals surface area contributed by atoms with E-state index in [1.54, 1.807) is 31.2 Å². The highest BCUT2D eigenvalue weighted by molar-refractivity contribution is 7.13. The molecule has 1 aliphatic rings. The first-order valence-corrected chi connectivity index (χ1v) is 11.5. The molecule has 0 saturated carbocycles. The Morgan fingerprint density at radius 2 is 1.91 bits per heavy atom. The van der Waals surface area contributed by atoms with Crippen LogP contribution in [0, 0.1) is 6.92 Å². The fourth-order valence-corrected chi connectivity index (χ4v) is 4.21. The van der Waals surface area contributed by atoms with Gasteiger partial charge in [0.2, 0.25) is 18.6 Å². The first kappa shape index (κ1) is 21.7. The fourth-order valence-electron chi connectivity index (χ4n) is 3.56. The second-order valence-electron chi connectivity index (χ2n) is 7.64. The monoisotopic (exact) mass is 475 g/mol. The van der Waals surface area contributed by atoms with Crippen molar-refractivity contribution in [2.75, 3.05) is 12.1 Å². The van der Waals surface area contributed by atoms with E-state index in [-0.39, 0.29) is 25.0 Å². The third-order valence-electron chi connectivity index (χ3n) is 5.29. The third kappa shape index (κ3) is 4.65. The molecule has 2 aromatic carbocycles. The van der Waals surface area contributed by atoms with Crippen LogP contribution < -0.4 is 20.1 Å². The number of thiophene rings is 1. The summed E-state index contributed by atoms with van der Waals surface area (Å²) >= 11 is 1.52. The van der Waals surface area contributed by atoms with Crippen LogP contribution in [0.15, 0.2) is 64.4 Å². The second kappa shape index (κ2) is 9.40. The van der Waals surface area contributed by atoms with Gasteiger partial charge in [-0.3, -0.25) is 9.59 Å². The molecule has 0 unspecified atom stereocenters. The van der Waals surface area contributed by atoms with E-state index in [0.717, 1.165) is 10.4 Å². The number of carbonyl (C=O) groups excluding carboxylic acids is 2. The molecule has 4 aromatic rings. The van der Waals surface area contributed by atoms with Gasteiger partial charge in [-0.1, -0.05) is 24.3 Å². The summed E-state index contributed by atoms with van der Waals surface area (Å²) in [7, 11) is 0. The Hall–Kier alpha value is -4.11. The number of aryl methyl sites for hydroxylation is 1. The summed E-state index contributed by atoms with van der Waals surface area (Å²) in [5, 5.41) is 7.65. The summed E-state index contributed by atoms with van der Waals surface area (Å²) < 4.78 is 16.4. The van der Waals surface area contributed by atoms with Crippen LogP contribution >= 0.6 is 11.3 Å². The summed E-state index contributed by atoms with van der Waals surface area (Å²) in [4.78, 5) is 31.0. The lowest BCUT2D eigenvalue weighted by atomic mass is 10.1. The summed E-state index contributed by atoms with van der Waals surface area (Å²) in [6.45, 7) is 2.28. The first-order valence-electron chi connectivity index (χ1n) is 10.6. The van der Waals surface area contributed by atoms with Gasteiger partial charge in [-0.2, -0.15) is 0 Å². The maximum absolute atomic E-state index is 12.9. The molecule has 2 N–H and O–H groups in total. The maximum Gasteiger partial charge on any atom is 0.253 e. The number of benzene rings is 2. The normalized spacial score (nSPS) is 11.9. The van der Waals surface area contributed by atoms with E-state index in [9.17, 15) is 9.59 Å². The smallest absolute Gasteiger partial charge is 0.253 e. The molecule has 0 radical (unpaired) electrons. The molecule has 2 amide bonds. The van der Waals surface area contributed by atoms with E-state index in [2.05, 4.69) is 15.6 Å². The van der Waals surface area contributed by atoms with Crippen LogP contribution in [-0.2, 0) is 17.8 Å². The summed E-state index contributed by atoms with van der Waals surface area (Å²) in [5.74, 6) is 1.85. The zero-order chi connectivity index (χ0) is 23.5. The lowest BCUT2D eigenvalue weighted by Gasteiger charge is -2.11. The largest absolute Gasteiger partial charge is 0.454 e. The van der Waals surface area contributed by atoms with Gasteiger partial charge in [0.05, 0.1) is 28.2 Å². The molecule has 0 fully saturated rings. The predicted molar refractivity (Wildman–Crippen MR) is 127 cm³/mol. The van der Waals surface area contributed by atoms with E-state index < -0.39 is 0 Å². The number of ether oxygens (including phenoxy) is 2. The highest BCUT2D eigenvalue weighted by atomic mass is 32.1. The number of rotatable bonds is 7. The van der Waals surface area contributed by atoms with Gasteiger partial charge in [-0.05, 0) is 48.2 Å². The molecule has 0 aliphatic carbocycles. The molecule has 0 saturated heterocycles. The van der Waals surface area contributed by atoms with Crippen molar-refractivity contribution in [3.63, 3.8) is 0 Å². The third-order valence-corrected chi connectivity index (χ3v) is 6.15. The van der Waals surface area contributed by atoms with Crippen LogP contribution in [0.25, 0.3) is 10.8 Å². The molecule has 9 heteroatoms. The lowest BCUT2D eigenvalue weighted by molar-refractivity contribution is -0.115. The Morgan fingerprint density at radius 3 is 2.76 bits per heavy atom. The highest BCUT2D eigenvalue weighted by Crippen LogP contribution is 2.32. The molecular formula is C25H21N3O5S. The Morgan fingerprint density at radius 1 is 1.06 bits per heavy atom. The fraction of sp³-hybridized carbons (Fsp3) is 0.160. The number of amides is 2. The van der Waals surface area contributed by atoms with Crippen molar-refractivity contribution in [1.82, 2.24) is 10.3 Å². The average molecular weight is 476 g/mol. The van der Waals surface area contributed by atoms with Crippen LogP contribution in [-0.4, -0.2) is 23.6 Å². The minimum atomic E-state index is -0.300. The molecule has 0 atom stereocenters. The Bertz CT molecular complexity index is 1350. The average Bonchev–Trinajstić information content (AvgIpc) is 3.59. The quantitative estimate of drug-likeness (QED) is 0.407. The summed E-state index contributed by atoms with van der Waals surface area (Å²) in [5.41, 5.74) is 2.23. The number of carbonyl (C=O) groups is 2. The van der Waals surface area contributed by atoms with Gasteiger partial charge in [0.1, 0.15) is 5.76 Å². The number of nitrogens with zero attached hydrogens (tertiary/aromatic N) is 1. The van der Waals surface area contributed by atoms with E-state index >= 15 is 0 Å². The van der Waals surface area contributed by atoms with Crippen LogP contribution in [0.4, 0.5) is 5.69 Å². The molecule has 172 valence electrons. The zero-order valence-corrected chi connectivity index (χ0v) is 19.1. The number of hydrogen-bond acceptors (Lipinski definition) is 7. The van der Waals surface area contributed by atoms with Crippen LogP contribution in [0.3, 0.4) is 0 Å². The second-order valence-corrected chi connectivity index (χ2v) is 8.59. The Kier molecular flexibility index (Phi) is 6.01. The molecule has 2 aromatic heterocycles. The van der Waals surface area contributed by atoms with Crippen molar-refractivity contribution in [1.29, 1.82) is 0 Å². The van der Waals surface area contributed by atoms with Crippen molar-refractivity contribution < 1.29 is 23.5 Å². The van der Waals surface area contributed by atoms with Crippen molar-refractivity contribution >= 4 is 28.8 Å². The molecule has 5 rings (SSSR count). The molecule has 0 spiro atoms. The first-order chi connectivity index (χ1) is 16.6. The number of hydrogen-bond donors (Lipinski definition) is 2. The Balaban J connectivity index is 1.24. The van der Waals surface area contributed by atoms with Crippen molar-refractivity contribution in [3.05, 3.63) is 82.6 Å². The summed E-state index contributed by atoms with van der Waals surface area (Å²) in [6.07, 6.45) is 0.0356. The van der Waals surface area contributed by atoms with Gasteiger partial charge in [-0.15, -0.1) is 11.3 Å². The molecule has 8 nitrogen and oxygen atoms in total. The van der Waals surface area contributed by atoms with Gasteiger partial charge in [0.15, 0.2) is 11.5 Å². The summed E-state index contributed by atoms with van der Waals surface area (Å²) in [6, 6.07) is 16.2. The van der Waals surface area contributed by atoms with Crippen LogP contribution in [0.1, 0.15) is 27.4 Å². The topological polar surface area (TPSA) is 103 Å². The van der Waals surface area contributed by atoms with Crippen molar-refractivity contribution in [2.24, 2.45) is 0 Å². The van der Waals surface area contributed by atoms with E-state index in [0.29, 0.717) is 46.6 Å². The van der Waals surface area contributed by atoms with Gasteiger partial charge >= 0.3 is 0 Å². The van der Waals surface area contributed by atoms with E-state index in [1.165, 1.54) is 11.3 Å². The minimum Gasteiger partial charge on any atom is -0.454 e. The van der Waals surface area contributed by atoms with Crippen LogP contribution in [0.5, 0.6) is 11.5 Å². The lowest BCUT2D eigenvalue weighted by Crippen LogP contribution is -2.25. The Labute approximate surface area is 199 Å². The molecule has 34 heavy (non-hydrogen) atoms. The van der Waals surface area contributed by atoms with Crippen molar-refractivity contribution in [2.45, 2.75) is 19.9 Å². The number of oxazole rings is 1. The predicted octanol–water partition coefficient (Wildman–Crippen LogP) is 4.55. The molecular weight excluding hydrogens is 454 g/mol. The SMILES string of the molecule is Cc1oc(-c2cccs2)nc1CC(=O)Nc1ccccc1C(=O)NCc1ccc2c(c1)OCO2. The standard InChI is InChI=1S/C25H21N3O5S/c1-15-19(28-25(33-15)22-7-4-10-34-22)12-23(29)27-18-6-3-2-5-17(18)24(30)26-13-16-8-9-20-21(11-16)32-14-31-20/h2-11H,12-14H2,1H3,(H,26,30)(H,27,29). The van der Waals surface area contributed by atoms with Crippen molar-refractivity contribution in [3.8, 4) is 22.3 Å². The van der Waals surface area contributed by atoms with E-state index in [4.69, 9.17) is 13.9 Å².